The molecule has 0 saturated carbocycles. The van der Waals surface area contributed by atoms with E-state index < -0.39 is 0 Å². The molecule has 4 rings (SSSR count). The molecule has 0 spiro atoms. The fraction of sp³-hybridized carbons (Fsp3) is 0.500. The molecule has 1 N–H and O–H groups in total. The molecule has 0 amide bonds. The number of oxazole rings is 1. The summed E-state index contributed by atoms with van der Waals surface area (Å²) < 4.78 is 5.79. The zero-order valence-electron chi connectivity index (χ0n) is 10.5. The second-order valence-electron chi connectivity index (χ2n) is 5.30. The van der Waals surface area contributed by atoms with Gasteiger partial charge < -0.3 is 9.73 Å². The highest BCUT2D eigenvalue weighted by atomic mass is 35.5. The molecule has 102 valence electrons. The summed E-state index contributed by atoms with van der Waals surface area (Å²) in [6.07, 6.45) is 5.18. The molecule has 2 fully saturated rings. The van der Waals surface area contributed by atoms with Crippen LogP contribution in [0.1, 0.15) is 25.7 Å². The van der Waals surface area contributed by atoms with Gasteiger partial charge in [0, 0.05) is 17.3 Å². The summed E-state index contributed by atoms with van der Waals surface area (Å²) in [5.74, 6) is 0. The van der Waals surface area contributed by atoms with E-state index in [-0.39, 0.29) is 12.4 Å². The fourth-order valence-corrected chi connectivity index (χ4v) is 4.38. The first-order chi connectivity index (χ1) is 8.87. The van der Waals surface area contributed by atoms with Gasteiger partial charge in [-0.3, -0.25) is 0 Å². The zero-order valence-corrected chi connectivity index (χ0v) is 12.2. The molecule has 1 aromatic heterocycles. The van der Waals surface area contributed by atoms with Crippen LogP contribution in [0, 0.1) is 0 Å². The third-order valence-corrected chi connectivity index (χ3v) is 5.07. The molecule has 2 aliphatic heterocycles. The van der Waals surface area contributed by atoms with Crippen molar-refractivity contribution in [2.24, 2.45) is 0 Å². The molecule has 3 heterocycles. The van der Waals surface area contributed by atoms with Crippen molar-refractivity contribution < 1.29 is 4.42 Å². The van der Waals surface area contributed by atoms with E-state index in [1.54, 1.807) is 0 Å². The smallest absolute Gasteiger partial charge is 0.257 e. The van der Waals surface area contributed by atoms with Crippen LogP contribution in [0.25, 0.3) is 11.1 Å². The van der Waals surface area contributed by atoms with Crippen LogP contribution in [0.5, 0.6) is 0 Å². The Labute approximate surface area is 122 Å². The summed E-state index contributed by atoms with van der Waals surface area (Å²) >= 11 is 1.82. The minimum absolute atomic E-state index is 0. The van der Waals surface area contributed by atoms with Crippen LogP contribution in [-0.2, 0) is 0 Å². The van der Waals surface area contributed by atoms with Gasteiger partial charge in [0.2, 0.25) is 0 Å². The molecule has 2 saturated heterocycles. The Bertz CT molecular complexity index is 528. The van der Waals surface area contributed by atoms with Gasteiger partial charge in [-0.15, -0.1) is 12.4 Å². The monoisotopic (exact) mass is 296 g/mol. The van der Waals surface area contributed by atoms with Gasteiger partial charge in [0.25, 0.3) is 5.22 Å². The number of halogens is 1. The van der Waals surface area contributed by atoms with Gasteiger partial charge >= 0.3 is 0 Å². The first-order valence-corrected chi connectivity index (χ1v) is 7.53. The molecule has 0 radical (unpaired) electrons. The molecule has 5 heteroatoms. The summed E-state index contributed by atoms with van der Waals surface area (Å²) in [4.78, 5) is 4.55. The van der Waals surface area contributed by atoms with E-state index in [4.69, 9.17) is 4.42 Å². The molecule has 2 atom stereocenters. The Balaban J connectivity index is 0.00000110. The summed E-state index contributed by atoms with van der Waals surface area (Å²) in [6, 6.07) is 9.45. The molecule has 3 nitrogen and oxygen atoms in total. The number of nitrogens with one attached hydrogen (secondary N) is 1. The van der Waals surface area contributed by atoms with E-state index in [1.165, 1.54) is 25.7 Å². The van der Waals surface area contributed by atoms with Crippen molar-refractivity contribution in [3.8, 4) is 0 Å². The summed E-state index contributed by atoms with van der Waals surface area (Å²) in [5.41, 5.74) is 1.87. The van der Waals surface area contributed by atoms with Crippen molar-refractivity contribution in [2.45, 2.75) is 48.2 Å². The zero-order chi connectivity index (χ0) is 11.9. The van der Waals surface area contributed by atoms with Crippen molar-refractivity contribution >= 4 is 35.3 Å². The fourth-order valence-electron chi connectivity index (χ4n) is 3.15. The number of aromatic nitrogens is 1. The van der Waals surface area contributed by atoms with E-state index in [2.05, 4.69) is 10.3 Å². The Hall–Kier alpha value is -0.710. The molecule has 19 heavy (non-hydrogen) atoms. The quantitative estimate of drug-likeness (QED) is 0.918. The normalized spacial score (nSPS) is 29.4. The van der Waals surface area contributed by atoms with Crippen LogP contribution in [-0.4, -0.2) is 22.3 Å². The predicted molar refractivity (Wildman–Crippen MR) is 80.1 cm³/mol. The molecule has 2 unspecified atom stereocenters. The molecule has 0 aliphatic carbocycles. The molecule has 2 aromatic rings. The first-order valence-electron chi connectivity index (χ1n) is 6.65. The third kappa shape index (κ3) is 2.62. The number of piperidine rings is 1. The maximum Gasteiger partial charge on any atom is 0.257 e. The number of benzene rings is 1. The maximum atomic E-state index is 5.79. The average Bonchev–Trinajstić information content (AvgIpc) is 2.92. The first kappa shape index (κ1) is 13.3. The Morgan fingerprint density at radius 2 is 1.89 bits per heavy atom. The number of fused-ring (bicyclic) bond motifs is 3. The lowest BCUT2D eigenvalue weighted by molar-refractivity contribution is 0.410. The van der Waals surface area contributed by atoms with Gasteiger partial charge in [-0.1, -0.05) is 23.9 Å². The summed E-state index contributed by atoms with van der Waals surface area (Å²) in [6.45, 7) is 0. The standard InChI is InChI=1S/C14H16N2OS.ClH/c1-2-4-13-12(3-1)16-14(17-13)18-11-7-9-5-6-10(8-11)15-9;/h1-4,9-11,15H,5-8H2;1H. The highest BCUT2D eigenvalue weighted by Gasteiger charge is 2.34. The predicted octanol–water partition coefficient (Wildman–Crippen LogP) is 3.62. The topological polar surface area (TPSA) is 38.1 Å². The largest absolute Gasteiger partial charge is 0.431 e. The lowest BCUT2D eigenvalue weighted by atomic mass is 10.1. The Morgan fingerprint density at radius 1 is 1.16 bits per heavy atom. The van der Waals surface area contributed by atoms with Crippen LogP contribution in [0.2, 0.25) is 0 Å². The molecule has 2 aliphatic rings. The summed E-state index contributed by atoms with van der Waals surface area (Å²) in [7, 11) is 0. The maximum absolute atomic E-state index is 5.79. The summed E-state index contributed by atoms with van der Waals surface area (Å²) in [5, 5.41) is 5.17. The van der Waals surface area contributed by atoms with Crippen LogP contribution in [0.15, 0.2) is 33.9 Å². The number of hydrogen-bond acceptors (Lipinski definition) is 4. The van der Waals surface area contributed by atoms with E-state index in [0.717, 1.165) is 28.4 Å². The molecular weight excluding hydrogens is 280 g/mol. The number of nitrogens with zero attached hydrogens (tertiary/aromatic N) is 1. The van der Waals surface area contributed by atoms with Gasteiger partial charge in [-0.05, 0) is 37.8 Å². The van der Waals surface area contributed by atoms with Crippen molar-refractivity contribution in [1.82, 2.24) is 10.3 Å². The van der Waals surface area contributed by atoms with Gasteiger partial charge in [-0.25, -0.2) is 4.98 Å². The minimum atomic E-state index is 0. The van der Waals surface area contributed by atoms with Crippen molar-refractivity contribution in [2.75, 3.05) is 0 Å². The van der Waals surface area contributed by atoms with Crippen LogP contribution < -0.4 is 5.32 Å². The second kappa shape index (κ2) is 5.35. The molecule has 2 bridgehead atoms. The van der Waals surface area contributed by atoms with Crippen molar-refractivity contribution in [3.05, 3.63) is 24.3 Å². The van der Waals surface area contributed by atoms with Crippen LogP contribution in [0.3, 0.4) is 0 Å². The Kier molecular flexibility index (Phi) is 3.74. The third-order valence-electron chi connectivity index (χ3n) is 3.97. The van der Waals surface area contributed by atoms with E-state index in [0.29, 0.717) is 5.25 Å². The second-order valence-corrected chi connectivity index (χ2v) is 6.55. The van der Waals surface area contributed by atoms with Gasteiger partial charge in [-0.2, -0.15) is 0 Å². The highest BCUT2D eigenvalue weighted by molar-refractivity contribution is 7.99. The Morgan fingerprint density at radius 3 is 2.63 bits per heavy atom. The molecule has 1 aromatic carbocycles. The molecular formula is C14H17ClN2OS. The number of thioether (sulfide) groups is 1. The van der Waals surface area contributed by atoms with Gasteiger partial charge in [0.1, 0.15) is 5.52 Å². The number of rotatable bonds is 2. The SMILES string of the molecule is Cl.c1ccc2oc(SC3CC4CCC(C3)N4)nc2c1. The van der Waals surface area contributed by atoms with E-state index >= 15 is 0 Å². The van der Waals surface area contributed by atoms with Gasteiger partial charge in [0.05, 0.1) is 0 Å². The van der Waals surface area contributed by atoms with Crippen LogP contribution in [0.4, 0.5) is 0 Å². The number of para-hydroxylation sites is 2. The lowest BCUT2D eigenvalue weighted by Crippen LogP contribution is -2.39. The number of hydrogen-bond donors (Lipinski definition) is 1. The van der Waals surface area contributed by atoms with Crippen LogP contribution >= 0.6 is 24.2 Å². The van der Waals surface area contributed by atoms with Crippen molar-refractivity contribution in [1.29, 1.82) is 0 Å². The van der Waals surface area contributed by atoms with Gasteiger partial charge in [0.15, 0.2) is 5.58 Å². The van der Waals surface area contributed by atoms with E-state index in [1.807, 2.05) is 36.0 Å². The highest BCUT2D eigenvalue weighted by Crippen LogP contribution is 2.37. The average molecular weight is 297 g/mol. The lowest BCUT2D eigenvalue weighted by Gasteiger charge is -2.27. The minimum Gasteiger partial charge on any atom is -0.431 e. The van der Waals surface area contributed by atoms with E-state index in [9.17, 15) is 0 Å². The van der Waals surface area contributed by atoms with Crippen molar-refractivity contribution in [3.63, 3.8) is 0 Å².